The van der Waals surface area contributed by atoms with E-state index in [1.165, 1.54) is 25.5 Å². The summed E-state index contributed by atoms with van der Waals surface area (Å²) in [7, 11) is 0. The molecule has 0 aromatic rings. The molecular weight excluding hydrogens is 214 g/mol. The van der Waals surface area contributed by atoms with Crippen molar-refractivity contribution in [1.82, 2.24) is 15.1 Å². The first-order valence-corrected chi connectivity index (χ1v) is 7.00. The molecule has 0 bridgehead atoms. The van der Waals surface area contributed by atoms with Crippen molar-refractivity contribution in [2.45, 2.75) is 38.3 Å². The molecule has 2 fully saturated rings. The van der Waals surface area contributed by atoms with Crippen LogP contribution >= 0.6 is 0 Å². The van der Waals surface area contributed by atoms with Crippen LogP contribution in [0.1, 0.15) is 32.6 Å². The molecule has 1 atom stereocenters. The van der Waals surface area contributed by atoms with Crippen LogP contribution in [0.25, 0.3) is 0 Å². The molecule has 0 saturated carbocycles. The molecule has 1 unspecified atom stereocenters. The number of piperidine rings is 1. The lowest BCUT2D eigenvalue weighted by Gasteiger charge is -2.49. The van der Waals surface area contributed by atoms with Crippen molar-refractivity contribution >= 4 is 6.29 Å². The van der Waals surface area contributed by atoms with Gasteiger partial charge in [0, 0.05) is 39.3 Å². The van der Waals surface area contributed by atoms with Gasteiger partial charge in [-0.25, -0.2) is 0 Å². The number of carbonyl (C=O) groups is 1. The van der Waals surface area contributed by atoms with Crippen LogP contribution in [-0.4, -0.2) is 61.0 Å². The van der Waals surface area contributed by atoms with Crippen LogP contribution in [0.3, 0.4) is 0 Å². The second-order valence-corrected chi connectivity index (χ2v) is 5.13. The lowest BCUT2D eigenvalue weighted by Crippen LogP contribution is -2.66. The summed E-state index contributed by atoms with van der Waals surface area (Å²) in [5.74, 6) is 0. The van der Waals surface area contributed by atoms with E-state index in [4.69, 9.17) is 0 Å². The average Bonchev–Trinajstić information content (AvgIpc) is 2.43. The first-order valence-electron chi connectivity index (χ1n) is 7.00. The third kappa shape index (κ3) is 2.54. The van der Waals surface area contributed by atoms with E-state index in [-0.39, 0.29) is 5.66 Å². The minimum Gasteiger partial charge on any atom is -0.314 e. The summed E-state index contributed by atoms with van der Waals surface area (Å²) < 4.78 is 0. The predicted octanol–water partition coefficient (Wildman–Crippen LogP) is 0.683. The summed E-state index contributed by atoms with van der Waals surface area (Å²) in [6.45, 7) is 8.29. The Kier molecular flexibility index (Phi) is 4.54. The van der Waals surface area contributed by atoms with Crippen molar-refractivity contribution in [1.29, 1.82) is 0 Å². The largest absolute Gasteiger partial charge is 0.314 e. The number of carbonyl (C=O) groups excluding carboxylic acids is 1. The summed E-state index contributed by atoms with van der Waals surface area (Å²) in [5.41, 5.74) is -0.331. The number of hydrogen-bond acceptors (Lipinski definition) is 4. The summed E-state index contributed by atoms with van der Waals surface area (Å²) >= 11 is 0. The molecular formula is C13H25N3O. The quantitative estimate of drug-likeness (QED) is 0.732. The van der Waals surface area contributed by atoms with Crippen molar-refractivity contribution < 1.29 is 4.79 Å². The summed E-state index contributed by atoms with van der Waals surface area (Å²) in [5, 5.41) is 3.36. The molecule has 4 heteroatoms. The SMILES string of the molecule is CCC(C=O)(N1CCCCC1)N1CCNCC1. The van der Waals surface area contributed by atoms with Gasteiger partial charge in [-0.15, -0.1) is 0 Å². The standard InChI is InChI=1S/C13H25N3O/c1-2-13(12-17,15-8-4-3-5-9-15)16-10-6-14-7-11-16/h12,14H,2-11H2,1H3. The van der Waals surface area contributed by atoms with Gasteiger partial charge in [0.1, 0.15) is 5.66 Å². The number of hydrogen-bond donors (Lipinski definition) is 1. The fourth-order valence-electron chi connectivity index (χ4n) is 3.21. The van der Waals surface area contributed by atoms with E-state index in [9.17, 15) is 4.79 Å². The average molecular weight is 239 g/mol. The number of rotatable bonds is 4. The molecule has 0 aliphatic carbocycles. The van der Waals surface area contributed by atoms with E-state index in [0.717, 1.165) is 45.7 Å². The van der Waals surface area contributed by atoms with Crippen LogP contribution < -0.4 is 5.32 Å². The van der Waals surface area contributed by atoms with Crippen molar-refractivity contribution in [2.75, 3.05) is 39.3 Å². The Morgan fingerprint density at radius 2 is 1.65 bits per heavy atom. The van der Waals surface area contributed by atoms with Gasteiger partial charge in [-0.2, -0.15) is 0 Å². The Bertz CT molecular complexity index is 227. The zero-order chi connectivity index (χ0) is 12.1. The zero-order valence-electron chi connectivity index (χ0n) is 11.0. The molecule has 0 amide bonds. The van der Waals surface area contributed by atoms with Gasteiger partial charge in [-0.1, -0.05) is 13.3 Å². The van der Waals surface area contributed by atoms with Crippen molar-refractivity contribution in [3.8, 4) is 0 Å². The third-order valence-corrected chi connectivity index (χ3v) is 4.28. The molecule has 2 saturated heterocycles. The Morgan fingerprint density at radius 1 is 1.06 bits per heavy atom. The minimum absolute atomic E-state index is 0.331. The molecule has 0 spiro atoms. The fourth-order valence-corrected chi connectivity index (χ4v) is 3.21. The van der Waals surface area contributed by atoms with Crippen molar-refractivity contribution in [2.24, 2.45) is 0 Å². The van der Waals surface area contributed by atoms with Crippen LogP contribution in [0.5, 0.6) is 0 Å². The van der Waals surface area contributed by atoms with Gasteiger partial charge in [-0.05, 0) is 19.3 Å². The van der Waals surface area contributed by atoms with Crippen LogP contribution in [0, 0.1) is 0 Å². The smallest absolute Gasteiger partial charge is 0.155 e. The molecule has 2 rings (SSSR count). The third-order valence-electron chi connectivity index (χ3n) is 4.28. The van der Waals surface area contributed by atoms with E-state index in [2.05, 4.69) is 22.0 Å². The molecule has 0 radical (unpaired) electrons. The van der Waals surface area contributed by atoms with E-state index >= 15 is 0 Å². The fraction of sp³-hybridized carbons (Fsp3) is 0.923. The molecule has 4 nitrogen and oxygen atoms in total. The van der Waals surface area contributed by atoms with E-state index in [1.54, 1.807) is 0 Å². The van der Waals surface area contributed by atoms with Gasteiger partial charge in [0.05, 0.1) is 0 Å². The van der Waals surface area contributed by atoms with Gasteiger partial charge in [0.15, 0.2) is 6.29 Å². The number of likely N-dealkylation sites (tertiary alicyclic amines) is 1. The monoisotopic (exact) mass is 239 g/mol. The normalized spacial score (nSPS) is 27.6. The second kappa shape index (κ2) is 5.94. The highest BCUT2D eigenvalue weighted by Gasteiger charge is 2.41. The van der Waals surface area contributed by atoms with Crippen LogP contribution in [0.4, 0.5) is 0 Å². The first kappa shape index (κ1) is 13.0. The van der Waals surface area contributed by atoms with Gasteiger partial charge in [0.2, 0.25) is 0 Å². The second-order valence-electron chi connectivity index (χ2n) is 5.13. The number of aldehydes is 1. The maximum absolute atomic E-state index is 11.8. The Hall–Kier alpha value is -0.450. The molecule has 2 aliphatic heterocycles. The lowest BCUT2D eigenvalue weighted by atomic mass is 9.99. The van der Waals surface area contributed by atoms with Crippen molar-refractivity contribution in [3.05, 3.63) is 0 Å². The molecule has 98 valence electrons. The number of piperazine rings is 1. The first-order chi connectivity index (χ1) is 8.33. The summed E-state index contributed by atoms with van der Waals surface area (Å²) in [6.07, 6.45) is 5.89. The van der Waals surface area contributed by atoms with Crippen LogP contribution in [-0.2, 0) is 4.79 Å². The van der Waals surface area contributed by atoms with Gasteiger partial charge in [0.25, 0.3) is 0 Å². The van der Waals surface area contributed by atoms with Gasteiger partial charge < -0.3 is 5.32 Å². The Labute approximate surface area is 104 Å². The summed E-state index contributed by atoms with van der Waals surface area (Å²) in [6, 6.07) is 0. The molecule has 2 heterocycles. The summed E-state index contributed by atoms with van der Waals surface area (Å²) in [4.78, 5) is 16.5. The minimum atomic E-state index is -0.331. The highest BCUT2D eigenvalue weighted by atomic mass is 16.1. The maximum atomic E-state index is 11.8. The topological polar surface area (TPSA) is 35.6 Å². The molecule has 0 aromatic carbocycles. The van der Waals surface area contributed by atoms with Crippen molar-refractivity contribution in [3.63, 3.8) is 0 Å². The molecule has 17 heavy (non-hydrogen) atoms. The molecule has 1 N–H and O–H groups in total. The number of nitrogens with one attached hydrogen (secondary N) is 1. The highest BCUT2D eigenvalue weighted by Crippen LogP contribution is 2.26. The van der Waals surface area contributed by atoms with Crippen LogP contribution in [0.15, 0.2) is 0 Å². The van der Waals surface area contributed by atoms with E-state index < -0.39 is 0 Å². The van der Waals surface area contributed by atoms with E-state index in [1.807, 2.05) is 0 Å². The number of nitrogens with zero attached hydrogens (tertiary/aromatic N) is 2. The Morgan fingerprint density at radius 3 is 2.18 bits per heavy atom. The van der Waals surface area contributed by atoms with E-state index in [0.29, 0.717) is 0 Å². The lowest BCUT2D eigenvalue weighted by molar-refractivity contribution is -0.137. The maximum Gasteiger partial charge on any atom is 0.155 e. The predicted molar refractivity (Wildman–Crippen MR) is 69.0 cm³/mol. The van der Waals surface area contributed by atoms with Crippen LogP contribution in [0.2, 0.25) is 0 Å². The molecule has 0 aromatic heterocycles. The van der Waals surface area contributed by atoms with Gasteiger partial charge >= 0.3 is 0 Å². The Balaban J connectivity index is 2.13. The zero-order valence-corrected chi connectivity index (χ0v) is 11.0. The highest BCUT2D eigenvalue weighted by molar-refractivity contribution is 5.63. The van der Waals surface area contributed by atoms with Gasteiger partial charge in [-0.3, -0.25) is 14.6 Å². The molecule has 2 aliphatic rings.